The average Bonchev–Trinajstić information content (AvgIpc) is 2.98. The SMILES string of the molecule is CN(C)[C@H]1C(O)=C(C(N)=O)C(=O)[C@]2(O)C(O)=C3C(=O)c4c(O)ccc(-c5ccc(CNc6cccnc6)cc5)c4C[C@@H]3C[C@H]12. The fourth-order valence-electron chi connectivity index (χ4n) is 6.99. The number of aliphatic hydroxyl groups excluding tert-OH is 2. The second-order valence-corrected chi connectivity index (χ2v) is 11.7. The monoisotopic (exact) mass is 596 g/mol. The predicted octanol–water partition coefficient (Wildman–Crippen LogP) is 2.79. The number of pyridine rings is 1. The highest BCUT2D eigenvalue weighted by Crippen LogP contribution is 2.53. The van der Waals surface area contributed by atoms with Crippen molar-refractivity contribution in [3.8, 4) is 16.9 Å². The Morgan fingerprint density at radius 3 is 2.45 bits per heavy atom. The zero-order valence-corrected chi connectivity index (χ0v) is 24.1. The fraction of sp³-hybridized carbons (Fsp3) is 0.273. The number of allylic oxidation sites excluding steroid dienone is 1. The molecule has 0 fully saturated rings. The molecular weight excluding hydrogens is 564 g/mol. The number of nitrogens with zero attached hydrogens (tertiary/aromatic N) is 2. The smallest absolute Gasteiger partial charge is 0.255 e. The van der Waals surface area contributed by atoms with Gasteiger partial charge in [-0.25, -0.2) is 0 Å². The van der Waals surface area contributed by atoms with Gasteiger partial charge in [0.05, 0.1) is 17.3 Å². The number of primary amides is 1. The van der Waals surface area contributed by atoms with E-state index in [0.29, 0.717) is 12.1 Å². The summed E-state index contributed by atoms with van der Waals surface area (Å²) in [6, 6.07) is 13.6. The van der Waals surface area contributed by atoms with Gasteiger partial charge in [-0.15, -0.1) is 0 Å². The molecule has 0 radical (unpaired) electrons. The fourth-order valence-corrected chi connectivity index (χ4v) is 6.99. The van der Waals surface area contributed by atoms with Gasteiger partial charge in [0.1, 0.15) is 22.8 Å². The molecule has 44 heavy (non-hydrogen) atoms. The van der Waals surface area contributed by atoms with Crippen molar-refractivity contribution in [2.24, 2.45) is 17.6 Å². The van der Waals surface area contributed by atoms with Crippen molar-refractivity contribution >= 4 is 23.2 Å². The Morgan fingerprint density at radius 1 is 1.09 bits per heavy atom. The number of aliphatic hydroxyl groups is 3. The van der Waals surface area contributed by atoms with E-state index in [9.17, 15) is 34.8 Å². The molecule has 1 heterocycles. The van der Waals surface area contributed by atoms with Crippen molar-refractivity contribution in [2.45, 2.75) is 31.0 Å². The van der Waals surface area contributed by atoms with Crippen LogP contribution in [0.25, 0.3) is 11.1 Å². The maximum absolute atomic E-state index is 14.0. The van der Waals surface area contributed by atoms with E-state index < -0.39 is 58.0 Å². The second-order valence-electron chi connectivity index (χ2n) is 11.7. The van der Waals surface area contributed by atoms with Crippen LogP contribution in [0, 0.1) is 11.8 Å². The number of benzene rings is 2. The summed E-state index contributed by atoms with van der Waals surface area (Å²) in [5.74, 6) is -6.74. The lowest BCUT2D eigenvalue weighted by atomic mass is 9.58. The summed E-state index contributed by atoms with van der Waals surface area (Å²) >= 11 is 0. The lowest BCUT2D eigenvalue weighted by molar-refractivity contribution is -0.148. The van der Waals surface area contributed by atoms with Crippen LogP contribution >= 0.6 is 0 Å². The van der Waals surface area contributed by atoms with E-state index in [2.05, 4.69) is 10.3 Å². The molecule has 0 spiro atoms. The Bertz CT molecular complexity index is 1760. The number of aromatic hydroxyl groups is 1. The predicted molar refractivity (Wildman–Crippen MR) is 161 cm³/mol. The highest BCUT2D eigenvalue weighted by Gasteiger charge is 2.63. The van der Waals surface area contributed by atoms with Crippen LogP contribution in [-0.2, 0) is 22.6 Å². The molecule has 1 aromatic heterocycles. The van der Waals surface area contributed by atoms with Crippen LogP contribution in [0.2, 0.25) is 0 Å². The summed E-state index contributed by atoms with van der Waals surface area (Å²) in [5, 5.41) is 48.3. The normalized spacial score (nSPS) is 24.6. The van der Waals surface area contributed by atoms with Crippen LogP contribution < -0.4 is 11.1 Å². The molecule has 1 amide bonds. The molecule has 226 valence electrons. The number of Topliss-reactive ketones (excluding diaryl/α,β-unsaturated/α-hetero) is 2. The van der Waals surface area contributed by atoms with E-state index in [0.717, 1.165) is 22.4 Å². The lowest BCUT2D eigenvalue weighted by Crippen LogP contribution is -2.63. The van der Waals surface area contributed by atoms with Crippen molar-refractivity contribution in [3.63, 3.8) is 0 Å². The van der Waals surface area contributed by atoms with Gasteiger partial charge in [-0.05, 0) is 73.3 Å². The Morgan fingerprint density at radius 2 is 1.82 bits per heavy atom. The van der Waals surface area contributed by atoms with Gasteiger partial charge in [0.15, 0.2) is 11.4 Å². The van der Waals surface area contributed by atoms with Gasteiger partial charge in [-0.3, -0.25) is 24.3 Å². The van der Waals surface area contributed by atoms with Crippen molar-refractivity contribution in [1.29, 1.82) is 0 Å². The third-order valence-corrected chi connectivity index (χ3v) is 9.03. The van der Waals surface area contributed by atoms with Crippen LogP contribution in [0.1, 0.15) is 27.9 Å². The van der Waals surface area contributed by atoms with Gasteiger partial charge in [0.2, 0.25) is 5.78 Å². The van der Waals surface area contributed by atoms with Crippen LogP contribution in [0.4, 0.5) is 5.69 Å². The van der Waals surface area contributed by atoms with Gasteiger partial charge in [0, 0.05) is 30.4 Å². The maximum Gasteiger partial charge on any atom is 0.255 e. The molecule has 0 unspecified atom stereocenters. The molecule has 3 aromatic rings. The molecule has 11 heteroatoms. The summed E-state index contributed by atoms with van der Waals surface area (Å²) in [6.07, 6.45) is 3.67. The third-order valence-electron chi connectivity index (χ3n) is 9.03. The molecular formula is C33H32N4O7. The number of likely N-dealkylation sites (N-methyl/N-ethyl adjacent to an activating group) is 1. The zero-order valence-electron chi connectivity index (χ0n) is 24.1. The number of carbonyl (C=O) groups excluding carboxylic acids is 3. The maximum atomic E-state index is 14.0. The number of nitrogens with one attached hydrogen (secondary N) is 1. The minimum absolute atomic E-state index is 0.0226. The molecule has 0 aliphatic heterocycles. The first-order chi connectivity index (χ1) is 20.9. The first-order valence-corrected chi connectivity index (χ1v) is 14.2. The van der Waals surface area contributed by atoms with Crippen LogP contribution in [0.3, 0.4) is 0 Å². The summed E-state index contributed by atoms with van der Waals surface area (Å²) < 4.78 is 0. The first-order valence-electron chi connectivity index (χ1n) is 14.2. The van der Waals surface area contributed by atoms with Crippen LogP contribution in [0.15, 0.2) is 83.6 Å². The molecule has 0 bridgehead atoms. The quantitative estimate of drug-likeness (QED) is 0.231. The number of phenolic OH excluding ortho intramolecular Hbond substituents is 1. The van der Waals surface area contributed by atoms with E-state index in [-0.39, 0.29) is 29.7 Å². The van der Waals surface area contributed by atoms with E-state index in [4.69, 9.17) is 5.73 Å². The molecule has 3 aliphatic carbocycles. The number of phenols is 1. The standard InChI is InChI=1S/C33H32N4O7/c1-37(2)27-22-13-18-12-21-20(17-7-5-16(6-8-17)14-36-19-4-3-11-35-15-19)9-10-23(38)25(21)28(39)24(18)30(41)33(22,44)31(42)26(29(27)40)32(34)43/h3-11,15,18,22,27,36,38,40-41,44H,12-14H2,1-2H3,(H2,34,43)/t18-,22-,27-,33-/m1/s1. The molecule has 7 N–H and O–H groups in total. The van der Waals surface area contributed by atoms with E-state index in [1.807, 2.05) is 36.4 Å². The van der Waals surface area contributed by atoms with Gasteiger partial charge in [0.25, 0.3) is 5.91 Å². The Labute approximate surface area is 253 Å². The van der Waals surface area contributed by atoms with E-state index in [1.54, 1.807) is 32.6 Å². The zero-order chi connectivity index (χ0) is 31.5. The minimum Gasteiger partial charge on any atom is -0.510 e. The molecule has 4 atom stereocenters. The topological polar surface area (TPSA) is 186 Å². The molecule has 0 saturated carbocycles. The number of rotatable bonds is 6. The molecule has 6 rings (SSSR count). The summed E-state index contributed by atoms with van der Waals surface area (Å²) in [4.78, 5) is 45.2. The number of hydrogen-bond acceptors (Lipinski definition) is 10. The highest BCUT2D eigenvalue weighted by atomic mass is 16.3. The number of ketones is 2. The molecule has 11 nitrogen and oxygen atoms in total. The van der Waals surface area contributed by atoms with Gasteiger partial charge < -0.3 is 31.5 Å². The number of fused-ring (bicyclic) bond motifs is 3. The first kappa shape index (κ1) is 29.1. The van der Waals surface area contributed by atoms with E-state index >= 15 is 0 Å². The van der Waals surface area contributed by atoms with Gasteiger partial charge >= 0.3 is 0 Å². The largest absolute Gasteiger partial charge is 0.510 e. The average molecular weight is 597 g/mol. The molecule has 0 saturated heterocycles. The second kappa shape index (κ2) is 10.6. The summed E-state index contributed by atoms with van der Waals surface area (Å²) in [6.45, 7) is 0.572. The van der Waals surface area contributed by atoms with Crippen molar-refractivity contribution in [2.75, 3.05) is 19.4 Å². The summed E-state index contributed by atoms with van der Waals surface area (Å²) in [5.41, 5.74) is 5.70. The highest BCUT2D eigenvalue weighted by molar-refractivity contribution is 6.24. The van der Waals surface area contributed by atoms with E-state index in [1.165, 1.54) is 11.0 Å². The third kappa shape index (κ3) is 4.35. The van der Waals surface area contributed by atoms with Crippen LogP contribution in [0.5, 0.6) is 5.75 Å². The number of anilines is 1. The molecule has 3 aliphatic rings. The summed E-state index contributed by atoms with van der Waals surface area (Å²) in [7, 11) is 3.19. The Kier molecular flexibility index (Phi) is 7.02. The Hall–Kier alpha value is -5.00. The minimum atomic E-state index is -2.67. The van der Waals surface area contributed by atoms with Crippen molar-refractivity contribution in [3.05, 3.63) is 100 Å². The number of amides is 1. The number of carbonyl (C=O) groups is 3. The number of hydrogen-bond donors (Lipinski definition) is 6. The lowest BCUT2D eigenvalue weighted by Gasteiger charge is -2.50. The number of nitrogens with two attached hydrogens (primary N) is 1. The Balaban J connectivity index is 1.40. The van der Waals surface area contributed by atoms with Gasteiger partial charge in [-0.1, -0.05) is 30.3 Å². The van der Waals surface area contributed by atoms with Crippen molar-refractivity contribution < 1.29 is 34.8 Å². The van der Waals surface area contributed by atoms with Crippen LogP contribution in [-0.4, -0.2) is 73.5 Å². The van der Waals surface area contributed by atoms with Gasteiger partial charge in [-0.2, -0.15) is 0 Å². The van der Waals surface area contributed by atoms with Crippen molar-refractivity contribution in [1.82, 2.24) is 9.88 Å². The number of aromatic nitrogens is 1. The molecule has 2 aromatic carbocycles.